The maximum Gasteiger partial charge on any atom is 0.0401 e. The highest BCUT2D eigenvalue weighted by Gasteiger charge is 2.20. The maximum absolute atomic E-state index is 5.74. The lowest BCUT2D eigenvalue weighted by Gasteiger charge is -2.33. The molecule has 1 aliphatic rings. The quantitative estimate of drug-likeness (QED) is 0.865. The van der Waals surface area contributed by atoms with Crippen molar-refractivity contribution in [2.45, 2.75) is 45.1 Å². The van der Waals surface area contributed by atoms with Gasteiger partial charge in [0.05, 0.1) is 0 Å². The van der Waals surface area contributed by atoms with Gasteiger partial charge in [-0.15, -0.1) is 0 Å². The number of hydrogen-bond donors (Lipinski definition) is 1. The number of benzene rings is 1. The summed E-state index contributed by atoms with van der Waals surface area (Å²) in [7, 11) is 0. The van der Waals surface area contributed by atoms with Gasteiger partial charge in [0.2, 0.25) is 0 Å². The molecule has 1 unspecified atom stereocenters. The van der Waals surface area contributed by atoms with Gasteiger partial charge >= 0.3 is 0 Å². The van der Waals surface area contributed by atoms with E-state index in [1.54, 1.807) is 0 Å². The molecule has 0 bridgehead atoms. The van der Waals surface area contributed by atoms with Gasteiger partial charge in [0.25, 0.3) is 0 Å². The van der Waals surface area contributed by atoms with Crippen LogP contribution in [-0.4, -0.2) is 19.1 Å². The van der Waals surface area contributed by atoms with Crippen LogP contribution < -0.4 is 10.6 Å². The highest BCUT2D eigenvalue weighted by Crippen LogP contribution is 2.29. The van der Waals surface area contributed by atoms with Gasteiger partial charge in [0.1, 0.15) is 0 Å². The first-order valence-corrected chi connectivity index (χ1v) is 6.91. The van der Waals surface area contributed by atoms with Crippen LogP contribution in [0, 0.1) is 0 Å². The lowest BCUT2D eigenvalue weighted by molar-refractivity contribution is 0.534. The summed E-state index contributed by atoms with van der Waals surface area (Å²) in [6.45, 7) is 4.25. The van der Waals surface area contributed by atoms with E-state index in [0.717, 1.165) is 13.0 Å². The molecule has 1 heterocycles. The zero-order valence-electron chi connectivity index (χ0n) is 10.9. The summed E-state index contributed by atoms with van der Waals surface area (Å²) in [6, 6.07) is 9.49. The van der Waals surface area contributed by atoms with Crippen molar-refractivity contribution in [2.75, 3.05) is 18.0 Å². The Morgan fingerprint density at radius 1 is 1.29 bits per heavy atom. The summed E-state index contributed by atoms with van der Waals surface area (Å²) in [5.74, 6) is 0. The Morgan fingerprint density at radius 3 is 2.88 bits per heavy atom. The van der Waals surface area contributed by atoms with Crippen molar-refractivity contribution >= 4 is 5.69 Å². The highest BCUT2D eigenvalue weighted by molar-refractivity contribution is 5.55. The number of anilines is 1. The van der Waals surface area contributed by atoms with E-state index in [4.69, 9.17) is 5.73 Å². The summed E-state index contributed by atoms with van der Waals surface area (Å²) in [5.41, 5.74) is 8.71. The molecule has 1 aromatic carbocycles. The molecule has 0 radical (unpaired) electrons. The fourth-order valence-corrected chi connectivity index (χ4v) is 2.87. The first-order valence-electron chi connectivity index (χ1n) is 6.91. The topological polar surface area (TPSA) is 29.3 Å². The Morgan fingerprint density at radius 2 is 2.12 bits per heavy atom. The van der Waals surface area contributed by atoms with E-state index in [2.05, 4.69) is 36.1 Å². The van der Waals surface area contributed by atoms with Crippen LogP contribution in [0.5, 0.6) is 0 Å². The van der Waals surface area contributed by atoms with E-state index in [0.29, 0.717) is 6.04 Å². The average Bonchev–Trinajstić information content (AvgIpc) is 2.58. The maximum atomic E-state index is 5.74. The Hall–Kier alpha value is -1.02. The van der Waals surface area contributed by atoms with Crippen LogP contribution in [-0.2, 0) is 6.42 Å². The third kappa shape index (κ3) is 2.81. The predicted octanol–water partition coefficient (Wildman–Crippen LogP) is 2.96. The van der Waals surface area contributed by atoms with E-state index in [-0.39, 0.29) is 0 Å². The third-order valence-corrected chi connectivity index (χ3v) is 3.81. The van der Waals surface area contributed by atoms with E-state index in [1.807, 2.05) is 0 Å². The molecule has 2 N–H and O–H groups in total. The van der Waals surface area contributed by atoms with Gasteiger partial charge in [-0.2, -0.15) is 0 Å². The lowest BCUT2D eigenvalue weighted by Crippen LogP contribution is -2.37. The SMILES string of the molecule is CCC(CCN)N1CCCCc2ccccc21. The second-order valence-corrected chi connectivity index (χ2v) is 4.92. The number of para-hydroxylation sites is 1. The zero-order valence-corrected chi connectivity index (χ0v) is 10.9. The molecule has 17 heavy (non-hydrogen) atoms. The minimum Gasteiger partial charge on any atom is -0.368 e. The van der Waals surface area contributed by atoms with Crippen molar-refractivity contribution in [1.82, 2.24) is 0 Å². The second-order valence-electron chi connectivity index (χ2n) is 4.92. The van der Waals surface area contributed by atoms with Crippen molar-refractivity contribution in [1.29, 1.82) is 0 Å². The molecule has 0 amide bonds. The number of aryl methyl sites for hydroxylation is 1. The van der Waals surface area contributed by atoms with Crippen LogP contribution in [0.15, 0.2) is 24.3 Å². The van der Waals surface area contributed by atoms with E-state index >= 15 is 0 Å². The molecule has 0 spiro atoms. The summed E-state index contributed by atoms with van der Waals surface area (Å²) in [4.78, 5) is 2.59. The van der Waals surface area contributed by atoms with Crippen LogP contribution in [0.4, 0.5) is 5.69 Å². The van der Waals surface area contributed by atoms with Gasteiger partial charge in [-0.05, 0) is 50.3 Å². The first kappa shape index (κ1) is 12.4. The number of hydrogen-bond acceptors (Lipinski definition) is 2. The van der Waals surface area contributed by atoms with Gasteiger partial charge in [0, 0.05) is 18.3 Å². The molecule has 0 aromatic heterocycles. The molecule has 1 atom stereocenters. The molecule has 1 aromatic rings. The van der Waals surface area contributed by atoms with Gasteiger partial charge in [-0.1, -0.05) is 25.1 Å². The number of fused-ring (bicyclic) bond motifs is 1. The van der Waals surface area contributed by atoms with Gasteiger partial charge in [0.15, 0.2) is 0 Å². The van der Waals surface area contributed by atoms with Gasteiger partial charge in [-0.3, -0.25) is 0 Å². The molecule has 2 nitrogen and oxygen atoms in total. The second kappa shape index (κ2) is 6.06. The van der Waals surface area contributed by atoms with Crippen LogP contribution in [0.3, 0.4) is 0 Å². The predicted molar refractivity (Wildman–Crippen MR) is 74.5 cm³/mol. The average molecular weight is 232 g/mol. The van der Waals surface area contributed by atoms with E-state index in [9.17, 15) is 0 Å². The van der Waals surface area contributed by atoms with Crippen LogP contribution >= 0.6 is 0 Å². The molecule has 0 saturated carbocycles. The lowest BCUT2D eigenvalue weighted by atomic mass is 10.1. The van der Waals surface area contributed by atoms with Gasteiger partial charge < -0.3 is 10.6 Å². The third-order valence-electron chi connectivity index (χ3n) is 3.81. The van der Waals surface area contributed by atoms with Crippen molar-refractivity contribution in [3.05, 3.63) is 29.8 Å². The highest BCUT2D eigenvalue weighted by atomic mass is 15.2. The molecule has 94 valence electrons. The van der Waals surface area contributed by atoms with Gasteiger partial charge in [-0.25, -0.2) is 0 Å². The molecule has 2 heteroatoms. The minimum absolute atomic E-state index is 0.610. The summed E-state index contributed by atoms with van der Waals surface area (Å²) >= 11 is 0. The number of rotatable bonds is 4. The smallest absolute Gasteiger partial charge is 0.0401 e. The molecule has 0 fully saturated rings. The zero-order chi connectivity index (χ0) is 12.1. The van der Waals surface area contributed by atoms with Crippen molar-refractivity contribution in [2.24, 2.45) is 5.73 Å². The Balaban J connectivity index is 2.26. The van der Waals surface area contributed by atoms with Crippen LogP contribution in [0.25, 0.3) is 0 Å². The summed E-state index contributed by atoms with van der Waals surface area (Å²) < 4.78 is 0. The number of nitrogens with two attached hydrogens (primary N) is 1. The Labute approximate surface area is 105 Å². The van der Waals surface area contributed by atoms with E-state index < -0.39 is 0 Å². The largest absolute Gasteiger partial charge is 0.368 e. The molecule has 2 rings (SSSR count). The summed E-state index contributed by atoms with van der Waals surface area (Å²) in [5, 5.41) is 0. The molecular formula is C15H24N2. The fourth-order valence-electron chi connectivity index (χ4n) is 2.87. The van der Waals surface area contributed by atoms with E-state index in [1.165, 1.54) is 43.5 Å². The minimum atomic E-state index is 0.610. The van der Waals surface area contributed by atoms with Crippen LogP contribution in [0.1, 0.15) is 38.2 Å². The van der Waals surface area contributed by atoms with Crippen LogP contribution in [0.2, 0.25) is 0 Å². The normalized spacial score (nSPS) is 17.4. The first-order chi connectivity index (χ1) is 8.36. The van der Waals surface area contributed by atoms with Crippen molar-refractivity contribution in [3.8, 4) is 0 Å². The molecular weight excluding hydrogens is 208 g/mol. The molecule has 0 aliphatic carbocycles. The summed E-state index contributed by atoms with van der Waals surface area (Å²) in [6.07, 6.45) is 6.13. The Bertz CT molecular complexity index is 349. The monoisotopic (exact) mass is 232 g/mol. The fraction of sp³-hybridized carbons (Fsp3) is 0.600. The molecule has 0 saturated heterocycles. The Kier molecular flexibility index (Phi) is 4.43. The van der Waals surface area contributed by atoms with Crippen molar-refractivity contribution in [3.63, 3.8) is 0 Å². The molecule has 1 aliphatic heterocycles. The standard InChI is InChI=1S/C15H24N2/c1-2-14(10-11-16)17-12-6-5-8-13-7-3-4-9-15(13)17/h3-4,7,9,14H,2,5-6,8,10-12,16H2,1H3. The number of nitrogens with zero attached hydrogens (tertiary/aromatic N) is 1. The van der Waals surface area contributed by atoms with Crippen molar-refractivity contribution < 1.29 is 0 Å².